The lowest BCUT2D eigenvalue weighted by atomic mass is 9.64. The summed E-state index contributed by atoms with van der Waals surface area (Å²) < 4.78 is 12.7. The molecule has 2 saturated carbocycles. The Kier molecular flexibility index (Phi) is 7.11. The van der Waals surface area contributed by atoms with Gasteiger partial charge in [-0.3, -0.25) is 29.0 Å². The molecule has 2 aliphatic carbocycles. The molecule has 3 heterocycles. The molecule has 1 N–H and O–H groups in total. The van der Waals surface area contributed by atoms with Crippen LogP contribution in [0.1, 0.15) is 90.8 Å². The van der Waals surface area contributed by atoms with Gasteiger partial charge in [0.2, 0.25) is 5.91 Å². The van der Waals surface area contributed by atoms with Crippen LogP contribution in [-0.2, 0) is 27.5 Å². The smallest absolute Gasteiger partial charge is 0.264 e. The number of imide groups is 2. The molecule has 4 amide bonds. The van der Waals surface area contributed by atoms with Crippen molar-refractivity contribution in [3.05, 3.63) is 64.9 Å². The third-order valence-corrected chi connectivity index (χ3v) is 10.1. The number of likely N-dealkylation sites (tertiary alicyclic amines) is 1. The second-order valence-electron chi connectivity index (χ2n) is 13.7. The van der Waals surface area contributed by atoms with Crippen molar-refractivity contribution in [3.8, 4) is 0 Å². The van der Waals surface area contributed by atoms with Gasteiger partial charge in [-0.2, -0.15) is 0 Å². The number of amides is 4. The van der Waals surface area contributed by atoms with Crippen molar-refractivity contribution in [3.63, 3.8) is 0 Å². The van der Waals surface area contributed by atoms with Gasteiger partial charge in [-0.15, -0.1) is 0 Å². The average molecular weight is 598 g/mol. The van der Waals surface area contributed by atoms with E-state index in [2.05, 4.69) is 31.3 Å². The summed E-state index contributed by atoms with van der Waals surface area (Å²) >= 11 is 0. The van der Waals surface area contributed by atoms with E-state index in [1.54, 1.807) is 18.2 Å². The van der Waals surface area contributed by atoms with Gasteiger partial charge in [0.05, 0.1) is 29.9 Å². The second-order valence-corrected chi connectivity index (χ2v) is 13.7. The highest BCUT2D eigenvalue weighted by Crippen LogP contribution is 2.48. The molecule has 4 aliphatic rings. The molecule has 2 bridgehead atoms. The predicted octanol–water partition coefficient (Wildman–Crippen LogP) is 5.91. The first kappa shape index (κ1) is 28.8. The predicted molar refractivity (Wildman–Crippen MR) is 164 cm³/mol. The van der Waals surface area contributed by atoms with Crippen molar-refractivity contribution in [1.29, 1.82) is 0 Å². The van der Waals surface area contributed by atoms with E-state index in [-0.39, 0.29) is 35.5 Å². The topological polar surface area (TPSA) is 109 Å². The molecule has 1 saturated heterocycles. The van der Waals surface area contributed by atoms with E-state index in [0.29, 0.717) is 24.6 Å². The lowest BCUT2D eigenvalue weighted by Gasteiger charge is -2.47. The molecule has 44 heavy (non-hydrogen) atoms. The summed E-state index contributed by atoms with van der Waals surface area (Å²) in [5, 5.41) is 4.25. The SMILES string of the molecule is CC1CC2CC(C1)CC(C)(OCc1ccc3oc(CNc4cccc5c4C(=O)N(C4CCC(=O)N(C)C4=O)C5=O)cc3c1)C2. The first-order valence-corrected chi connectivity index (χ1v) is 15.8. The number of nitrogens with one attached hydrogen (secondary N) is 1. The van der Waals surface area contributed by atoms with Gasteiger partial charge < -0.3 is 14.5 Å². The number of hydrogen-bond acceptors (Lipinski definition) is 7. The van der Waals surface area contributed by atoms with Crippen LogP contribution in [0.15, 0.2) is 46.9 Å². The minimum absolute atomic E-state index is 0.0733. The van der Waals surface area contributed by atoms with Gasteiger partial charge in [0.25, 0.3) is 17.7 Å². The van der Waals surface area contributed by atoms with Crippen molar-refractivity contribution >= 4 is 40.3 Å². The van der Waals surface area contributed by atoms with Gasteiger partial charge in [-0.1, -0.05) is 19.1 Å². The first-order valence-electron chi connectivity index (χ1n) is 15.8. The van der Waals surface area contributed by atoms with E-state index in [9.17, 15) is 19.2 Å². The Morgan fingerprint density at radius 1 is 1.00 bits per heavy atom. The third kappa shape index (κ3) is 5.11. The monoisotopic (exact) mass is 597 g/mol. The number of ether oxygens (including phenoxy) is 1. The van der Waals surface area contributed by atoms with Crippen molar-refractivity contribution in [2.45, 2.75) is 83.6 Å². The lowest BCUT2D eigenvalue weighted by molar-refractivity contribution is -0.149. The van der Waals surface area contributed by atoms with Gasteiger partial charge in [-0.25, -0.2) is 0 Å². The normalized spacial score (nSPS) is 28.6. The van der Waals surface area contributed by atoms with Crippen LogP contribution < -0.4 is 5.32 Å². The molecular formula is C35H39N3O6. The largest absolute Gasteiger partial charge is 0.459 e. The number of rotatable bonds is 7. The van der Waals surface area contributed by atoms with Crippen LogP contribution in [-0.4, -0.2) is 52.1 Å². The molecule has 3 aromatic rings. The minimum atomic E-state index is -0.990. The molecule has 9 heteroatoms. The summed E-state index contributed by atoms with van der Waals surface area (Å²) in [4.78, 5) is 53.5. The maximum atomic E-state index is 13.5. The number of furan rings is 1. The zero-order valence-electron chi connectivity index (χ0n) is 25.6. The molecule has 7 rings (SSSR count). The van der Waals surface area contributed by atoms with Gasteiger partial charge >= 0.3 is 0 Å². The number of carbonyl (C=O) groups excluding carboxylic acids is 4. The molecule has 0 spiro atoms. The Morgan fingerprint density at radius 3 is 2.55 bits per heavy atom. The van der Waals surface area contributed by atoms with Gasteiger partial charge in [-0.05, 0) is 99.1 Å². The number of nitrogens with zero attached hydrogens (tertiary/aromatic N) is 2. The quantitative estimate of drug-likeness (QED) is 0.337. The molecule has 1 aromatic heterocycles. The zero-order valence-corrected chi connectivity index (χ0v) is 25.6. The number of likely N-dealkylation sites (N-methyl/N-ethyl adjacent to an activating group) is 1. The molecule has 3 atom stereocenters. The molecular weight excluding hydrogens is 558 g/mol. The van der Waals surface area contributed by atoms with Crippen molar-refractivity contribution in [1.82, 2.24) is 9.80 Å². The summed E-state index contributed by atoms with van der Waals surface area (Å²) in [7, 11) is 1.38. The number of carbonyl (C=O) groups is 4. The van der Waals surface area contributed by atoms with Crippen LogP contribution in [0.5, 0.6) is 0 Å². The zero-order chi connectivity index (χ0) is 30.7. The van der Waals surface area contributed by atoms with E-state index in [1.807, 2.05) is 12.1 Å². The first-order chi connectivity index (χ1) is 21.1. The number of fused-ring (bicyclic) bond motifs is 4. The summed E-state index contributed by atoms with van der Waals surface area (Å²) in [5.41, 5.74) is 2.77. The minimum Gasteiger partial charge on any atom is -0.459 e. The summed E-state index contributed by atoms with van der Waals surface area (Å²) in [6.07, 6.45) is 6.51. The molecule has 3 fully saturated rings. The summed E-state index contributed by atoms with van der Waals surface area (Å²) in [6.45, 7) is 5.54. The Balaban J connectivity index is 1.02. The standard InChI is InChI=1S/C35H39N3O6/c1-20-11-22-13-23(12-20)17-35(2,16-22)43-19-21-7-9-29-24(14-21)15-25(44-29)18-36-27-6-4-5-26-31(27)34(42)38(32(26)40)28-8-10-30(39)37(3)33(28)41/h4-7,9,14-15,20,22-23,28,36H,8,10-13,16-19H2,1-3H3. The number of benzene rings is 2. The highest BCUT2D eigenvalue weighted by Gasteiger charge is 2.47. The molecule has 3 unspecified atom stereocenters. The van der Waals surface area contributed by atoms with E-state index < -0.39 is 23.8 Å². The lowest BCUT2D eigenvalue weighted by Crippen LogP contribution is -2.54. The van der Waals surface area contributed by atoms with Crippen molar-refractivity contribution in [2.24, 2.45) is 17.8 Å². The average Bonchev–Trinajstić information content (AvgIpc) is 3.51. The van der Waals surface area contributed by atoms with Crippen LogP contribution in [0, 0.1) is 17.8 Å². The highest BCUT2D eigenvalue weighted by molar-refractivity contribution is 6.25. The van der Waals surface area contributed by atoms with Crippen LogP contribution >= 0.6 is 0 Å². The van der Waals surface area contributed by atoms with Gasteiger partial charge in [0.15, 0.2) is 0 Å². The Hall–Kier alpha value is -3.98. The number of piperidine rings is 1. The van der Waals surface area contributed by atoms with Crippen molar-refractivity contribution < 1.29 is 28.3 Å². The Labute approximate surface area is 256 Å². The van der Waals surface area contributed by atoms with E-state index in [4.69, 9.17) is 9.15 Å². The molecule has 2 aliphatic heterocycles. The van der Waals surface area contributed by atoms with Crippen molar-refractivity contribution in [2.75, 3.05) is 12.4 Å². The van der Waals surface area contributed by atoms with E-state index >= 15 is 0 Å². The number of hydrogen-bond donors (Lipinski definition) is 1. The second kappa shape index (κ2) is 10.9. The number of anilines is 1. The van der Waals surface area contributed by atoms with Crippen LogP contribution in [0.3, 0.4) is 0 Å². The van der Waals surface area contributed by atoms with Crippen LogP contribution in [0.25, 0.3) is 11.0 Å². The van der Waals surface area contributed by atoms with Gasteiger partial charge in [0.1, 0.15) is 17.4 Å². The van der Waals surface area contributed by atoms with E-state index in [0.717, 1.165) is 56.9 Å². The Bertz CT molecular complexity index is 1660. The van der Waals surface area contributed by atoms with Crippen LogP contribution in [0.2, 0.25) is 0 Å². The molecule has 230 valence electrons. The summed E-state index contributed by atoms with van der Waals surface area (Å²) in [5.74, 6) is 1.16. The fourth-order valence-corrected chi connectivity index (χ4v) is 8.29. The van der Waals surface area contributed by atoms with E-state index in [1.165, 1.54) is 26.3 Å². The maximum absolute atomic E-state index is 13.5. The molecule has 2 aromatic carbocycles. The fourth-order valence-electron chi connectivity index (χ4n) is 8.29. The third-order valence-electron chi connectivity index (χ3n) is 10.1. The van der Waals surface area contributed by atoms with Gasteiger partial charge in [0, 0.05) is 24.5 Å². The maximum Gasteiger partial charge on any atom is 0.264 e. The molecule has 9 nitrogen and oxygen atoms in total. The Morgan fingerprint density at radius 2 is 1.77 bits per heavy atom. The van der Waals surface area contributed by atoms with Crippen LogP contribution in [0.4, 0.5) is 5.69 Å². The highest BCUT2D eigenvalue weighted by atomic mass is 16.5. The fraction of sp³-hybridized carbons (Fsp3) is 0.486. The molecule has 0 radical (unpaired) electrons. The summed E-state index contributed by atoms with van der Waals surface area (Å²) in [6, 6.07) is 12.2.